The maximum absolute atomic E-state index is 11.4. The first-order valence-electron chi connectivity index (χ1n) is 4.69. The Morgan fingerprint density at radius 3 is 2.53 bits per heavy atom. The highest BCUT2D eigenvalue weighted by molar-refractivity contribution is 7.90. The molecule has 4 nitrogen and oxygen atoms in total. The highest BCUT2D eigenvalue weighted by Gasteiger charge is 2.16. The molecule has 0 unspecified atom stereocenters. The zero-order valence-corrected chi connectivity index (χ0v) is 10.4. The Morgan fingerprint density at radius 2 is 1.94 bits per heavy atom. The van der Waals surface area contributed by atoms with E-state index in [2.05, 4.69) is 4.98 Å². The summed E-state index contributed by atoms with van der Waals surface area (Å²) >= 11 is 5.44. The van der Waals surface area contributed by atoms with Gasteiger partial charge in [0.1, 0.15) is 0 Å². The van der Waals surface area contributed by atoms with Gasteiger partial charge in [0.25, 0.3) is 5.24 Å². The van der Waals surface area contributed by atoms with E-state index in [0.717, 1.165) is 6.26 Å². The van der Waals surface area contributed by atoms with Crippen LogP contribution in [0.15, 0.2) is 35.4 Å². The SMILES string of the molecule is CS(=O)(=O)c1cc(C(=O)Cl)c2ccccc2n1. The number of fused-ring (bicyclic) bond motifs is 1. The second-order valence-corrected chi connectivity index (χ2v) is 5.88. The van der Waals surface area contributed by atoms with Gasteiger partial charge in [-0.05, 0) is 23.7 Å². The van der Waals surface area contributed by atoms with Gasteiger partial charge in [0.15, 0.2) is 14.9 Å². The smallest absolute Gasteiger partial charge is 0.253 e. The van der Waals surface area contributed by atoms with Crippen LogP contribution < -0.4 is 0 Å². The van der Waals surface area contributed by atoms with E-state index in [-0.39, 0.29) is 10.6 Å². The third kappa shape index (κ3) is 2.30. The topological polar surface area (TPSA) is 64.1 Å². The van der Waals surface area contributed by atoms with Gasteiger partial charge in [-0.15, -0.1) is 0 Å². The first-order valence-corrected chi connectivity index (χ1v) is 6.96. The van der Waals surface area contributed by atoms with Crippen LogP contribution in [-0.2, 0) is 9.84 Å². The van der Waals surface area contributed by atoms with E-state index in [4.69, 9.17) is 11.6 Å². The van der Waals surface area contributed by atoms with Crippen LogP contribution >= 0.6 is 11.6 Å². The molecule has 0 saturated carbocycles. The number of aromatic nitrogens is 1. The number of carbonyl (C=O) groups is 1. The highest BCUT2D eigenvalue weighted by atomic mass is 35.5. The van der Waals surface area contributed by atoms with Crippen LogP contribution in [-0.4, -0.2) is 24.9 Å². The monoisotopic (exact) mass is 269 g/mol. The standard InChI is InChI=1S/C11H8ClNO3S/c1-17(15,16)10-6-8(11(12)14)7-4-2-3-5-9(7)13-10/h2-6H,1H3. The Kier molecular flexibility index (Phi) is 2.89. The van der Waals surface area contributed by atoms with E-state index in [9.17, 15) is 13.2 Å². The average molecular weight is 270 g/mol. The summed E-state index contributed by atoms with van der Waals surface area (Å²) < 4.78 is 22.9. The number of para-hydroxylation sites is 1. The molecule has 0 aliphatic rings. The summed E-state index contributed by atoms with van der Waals surface area (Å²) in [7, 11) is -3.47. The number of hydrogen-bond donors (Lipinski definition) is 0. The summed E-state index contributed by atoms with van der Waals surface area (Å²) in [4.78, 5) is 15.3. The molecule has 0 spiro atoms. The maximum Gasteiger partial charge on any atom is 0.253 e. The van der Waals surface area contributed by atoms with E-state index in [1.54, 1.807) is 24.3 Å². The molecule has 0 radical (unpaired) electrons. The number of benzene rings is 1. The Labute approximate surface area is 103 Å². The van der Waals surface area contributed by atoms with Gasteiger partial charge in [-0.1, -0.05) is 18.2 Å². The van der Waals surface area contributed by atoms with Crippen LogP contribution in [0.3, 0.4) is 0 Å². The van der Waals surface area contributed by atoms with Gasteiger partial charge in [0.2, 0.25) is 0 Å². The van der Waals surface area contributed by atoms with E-state index >= 15 is 0 Å². The molecule has 0 amide bonds. The average Bonchev–Trinajstić information content (AvgIpc) is 2.26. The summed E-state index contributed by atoms with van der Waals surface area (Å²) in [6.07, 6.45) is 1.03. The van der Waals surface area contributed by atoms with Crippen LogP contribution in [0.5, 0.6) is 0 Å². The van der Waals surface area contributed by atoms with Crippen LogP contribution in [0.4, 0.5) is 0 Å². The molecule has 0 saturated heterocycles. The van der Waals surface area contributed by atoms with Crippen LogP contribution in [0.25, 0.3) is 10.9 Å². The van der Waals surface area contributed by atoms with Crippen molar-refractivity contribution in [1.29, 1.82) is 0 Å². The van der Waals surface area contributed by atoms with Crippen molar-refractivity contribution in [3.8, 4) is 0 Å². The number of sulfone groups is 1. The van der Waals surface area contributed by atoms with Crippen LogP contribution in [0.1, 0.15) is 10.4 Å². The second-order valence-electron chi connectivity index (χ2n) is 3.57. The fourth-order valence-electron chi connectivity index (χ4n) is 1.50. The van der Waals surface area contributed by atoms with E-state index < -0.39 is 15.1 Å². The fourth-order valence-corrected chi connectivity index (χ4v) is 2.26. The lowest BCUT2D eigenvalue weighted by atomic mass is 10.1. The Balaban J connectivity index is 2.90. The zero-order chi connectivity index (χ0) is 12.6. The van der Waals surface area contributed by atoms with Crippen molar-refractivity contribution in [2.45, 2.75) is 5.03 Å². The van der Waals surface area contributed by atoms with Crippen molar-refractivity contribution in [1.82, 2.24) is 4.98 Å². The minimum Gasteiger partial charge on any atom is -0.276 e. The number of nitrogens with zero attached hydrogens (tertiary/aromatic N) is 1. The van der Waals surface area contributed by atoms with Crippen molar-refractivity contribution in [3.63, 3.8) is 0 Å². The Hall–Kier alpha value is -1.46. The molecule has 2 aromatic rings. The third-order valence-corrected chi connectivity index (χ3v) is 3.46. The van der Waals surface area contributed by atoms with E-state index in [1.807, 2.05) is 0 Å². The molecule has 88 valence electrons. The van der Waals surface area contributed by atoms with Crippen molar-refractivity contribution >= 4 is 37.6 Å². The molecular formula is C11H8ClNO3S. The summed E-state index contributed by atoms with van der Waals surface area (Å²) in [5.41, 5.74) is 0.581. The normalized spacial score (nSPS) is 11.6. The van der Waals surface area contributed by atoms with Gasteiger partial charge in [0, 0.05) is 17.2 Å². The second kappa shape index (κ2) is 4.09. The van der Waals surface area contributed by atoms with E-state index in [0.29, 0.717) is 10.9 Å². The number of pyridine rings is 1. The summed E-state index contributed by atoms with van der Waals surface area (Å²) in [6, 6.07) is 7.95. The van der Waals surface area contributed by atoms with E-state index in [1.165, 1.54) is 6.07 Å². The first-order chi connectivity index (χ1) is 7.89. The summed E-state index contributed by atoms with van der Waals surface area (Å²) in [5, 5.41) is -0.311. The molecule has 17 heavy (non-hydrogen) atoms. The van der Waals surface area contributed by atoms with Crippen LogP contribution in [0, 0.1) is 0 Å². The molecule has 0 aliphatic heterocycles. The largest absolute Gasteiger partial charge is 0.276 e. The Morgan fingerprint density at radius 1 is 1.29 bits per heavy atom. The van der Waals surface area contributed by atoms with Gasteiger partial charge in [-0.25, -0.2) is 13.4 Å². The van der Waals surface area contributed by atoms with Gasteiger partial charge < -0.3 is 0 Å². The molecule has 0 bridgehead atoms. The molecule has 0 N–H and O–H groups in total. The highest BCUT2D eigenvalue weighted by Crippen LogP contribution is 2.21. The molecule has 0 fully saturated rings. The quantitative estimate of drug-likeness (QED) is 0.783. The van der Waals surface area contributed by atoms with Gasteiger partial charge in [-0.2, -0.15) is 0 Å². The van der Waals surface area contributed by atoms with Gasteiger partial charge >= 0.3 is 0 Å². The predicted octanol–water partition coefficient (Wildman–Crippen LogP) is 2.02. The predicted molar refractivity (Wildman–Crippen MR) is 65.0 cm³/mol. The summed E-state index contributed by atoms with van der Waals surface area (Å²) in [6.45, 7) is 0. The Bertz CT molecular complexity index is 710. The molecule has 0 aliphatic carbocycles. The number of carbonyl (C=O) groups excluding carboxylic acids is 1. The van der Waals surface area contributed by atoms with Gasteiger partial charge in [0.05, 0.1) is 5.52 Å². The van der Waals surface area contributed by atoms with Crippen molar-refractivity contribution in [2.24, 2.45) is 0 Å². The molecule has 6 heteroatoms. The molecule has 1 aromatic carbocycles. The lowest BCUT2D eigenvalue weighted by Gasteiger charge is -2.04. The van der Waals surface area contributed by atoms with Crippen molar-refractivity contribution in [2.75, 3.05) is 6.26 Å². The first kappa shape index (κ1) is 12.0. The molecular weight excluding hydrogens is 262 g/mol. The van der Waals surface area contributed by atoms with Gasteiger partial charge in [-0.3, -0.25) is 4.79 Å². The van der Waals surface area contributed by atoms with Crippen molar-refractivity contribution < 1.29 is 13.2 Å². The fraction of sp³-hybridized carbons (Fsp3) is 0.0909. The number of halogens is 1. The molecule has 0 atom stereocenters. The number of hydrogen-bond acceptors (Lipinski definition) is 4. The summed E-state index contributed by atoms with van der Waals surface area (Å²) in [5.74, 6) is 0. The zero-order valence-electron chi connectivity index (χ0n) is 8.84. The molecule has 1 heterocycles. The number of rotatable bonds is 2. The van der Waals surface area contributed by atoms with Crippen LogP contribution in [0.2, 0.25) is 0 Å². The third-order valence-electron chi connectivity index (χ3n) is 2.28. The lowest BCUT2D eigenvalue weighted by molar-refractivity contribution is 0.108. The molecule has 1 aromatic heterocycles. The van der Waals surface area contributed by atoms with Crippen molar-refractivity contribution in [3.05, 3.63) is 35.9 Å². The minimum atomic E-state index is -3.47. The maximum atomic E-state index is 11.4. The molecule has 2 rings (SSSR count). The lowest BCUT2D eigenvalue weighted by Crippen LogP contribution is -2.04. The minimum absolute atomic E-state index is 0.151.